The molecule has 0 saturated carbocycles. The minimum absolute atomic E-state index is 0.375. The maximum absolute atomic E-state index is 4.56. The van der Waals surface area contributed by atoms with Crippen molar-refractivity contribution < 1.29 is 0 Å². The zero-order valence-electron chi connectivity index (χ0n) is 12.7. The van der Waals surface area contributed by atoms with Crippen molar-refractivity contribution in [2.24, 2.45) is 7.05 Å². The summed E-state index contributed by atoms with van der Waals surface area (Å²) in [5.74, 6) is 0. The van der Waals surface area contributed by atoms with Crippen molar-refractivity contribution in [3.05, 3.63) is 39.8 Å². The minimum atomic E-state index is 0.375. The highest BCUT2D eigenvalue weighted by atomic mass is 32.1. The summed E-state index contributed by atoms with van der Waals surface area (Å²) in [5.41, 5.74) is 2.48. The molecule has 5 heteroatoms. The first kappa shape index (κ1) is 14.8. The van der Waals surface area contributed by atoms with Gasteiger partial charge in [-0.2, -0.15) is 5.10 Å². The molecule has 0 aliphatic carbocycles. The van der Waals surface area contributed by atoms with E-state index in [1.807, 2.05) is 34.4 Å². The van der Waals surface area contributed by atoms with Crippen LogP contribution in [-0.2, 0) is 19.9 Å². The average molecular weight is 319 g/mol. The molecule has 3 aromatic rings. The van der Waals surface area contributed by atoms with Gasteiger partial charge in [-0.1, -0.05) is 13.8 Å². The number of aryl methyl sites for hydroxylation is 2. The SMILES string of the molecule is CCNC(Cc1cc(CC)nn1C)c1cc2sccc2s1. The summed E-state index contributed by atoms with van der Waals surface area (Å²) in [6, 6.07) is 7.17. The van der Waals surface area contributed by atoms with Crippen molar-refractivity contribution >= 4 is 32.1 Å². The lowest BCUT2D eigenvalue weighted by molar-refractivity contribution is 0.536. The van der Waals surface area contributed by atoms with Crippen LogP contribution in [0.1, 0.15) is 36.2 Å². The van der Waals surface area contributed by atoms with Gasteiger partial charge in [-0.15, -0.1) is 22.7 Å². The van der Waals surface area contributed by atoms with E-state index < -0.39 is 0 Å². The molecule has 1 unspecified atom stereocenters. The number of thiophene rings is 2. The smallest absolute Gasteiger partial charge is 0.0624 e. The molecule has 3 rings (SSSR count). The standard InChI is InChI=1S/C16H21N3S2/c1-4-11-8-12(19(3)18-11)9-13(17-5-2)15-10-16-14(21-15)6-7-20-16/h6-8,10,13,17H,4-5,9H2,1-3H3. The largest absolute Gasteiger partial charge is 0.309 e. The van der Waals surface area contributed by atoms with Gasteiger partial charge in [0.2, 0.25) is 0 Å². The first-order valence-electron chi connectivity index (χ1n) is 7.43. The van der Waals surface area contributed by atoms with Gasteiger partial charge >= 0.3 is 0 Å². The molecule has 0 saturated heterocycles. The zero-order chi connectivity index (χ0) is 14.8. The van der Waals surface area contributed by atoms with Crippen LogP contribution in [0, 0.1) is 0 Å². The van der Waals surface area contributed by atoms with E-state index >= 15 is 0 Å². The minimum Gasteiger partial charge on any atom is -0.309 e. The molecular weight excluding hydrogens is 298 g/mol. The maximum Gasteiger partial charge on any atom is 0.0624 e. The monoisotopic (exact) mass is 319 g/mol. The Hall–Kier alpha value is -1.17. The number of nitrogens with one attached hydrogen (secondary N) is 1. The normalized spacial score (nSPS) is 13.1. The number of fused-ring (bicyclic) bond motifs is 1. The molecule has 0 aliphatic rings. The predicted octanol–water partition coefficient (Wildman–Crippen LogP) is 4.15. The predicted molar refractivity (Wildman–Crippen MR) is 92.4 cm³/mol. The fraction of sp³-hybridized carbons (Fsp3) is 0.438. The Balaban J connectivity index is 1.86. The topological polar surface area (TPSA) is 29.9 Å². The van der Waals surface area contributed by atoms with E-state index in [0.29, 0.717) is 6.04 Å². The van der Waals surface area contributed by atoms with Crippen LogP contribution >= 0.6 is 22.7 Å². The van der Waals surface area contributed by atoms with Crippen LogP contribution in [-0.4, -0.2) is 16.3 Å². The zero-order valence-corrected chi connectivity index (χ0v) is 14.4. The molecule has 3 nitrogen and oxygen atoms in total. The van der Waals surface area contributed by atoms with Crippen LogP contribution in [0.4, 0.5) is 0 Å². The molecular formula is C16H21N3S2. The second-order valence-electron chi connectivity index (χ2n) is 5.22. The molecule has 0 radical (unpaired) electrons. The Labute approximate surface area is 133 Å². The Morgan fingerprint density at radius 2 is 2.14 bits per heavy atom. The molecule has 0 fully saturated rings. The molecule has 3 aromatic heterocycles. The molecule has 112 valence electrons. The Morgan fingerprint density at radius 3 is 2.81 bits per heavy atom. The molecule has 0 aromatic carbocycles. The second-order valence-corrected chi connectivity index (χ2v) is 7.28. The number of likely N-dealkylation sites (N-methyl/N-ethyl adjacent to an activating group) is 1. The van der Waals surface area contributed by atoms with Gasteiger partial charge in [0.15, 0.2) is 0 Å². The van der Waals surface area contributed by atoms with E-state index in [0.717, 1.165) is 19.4 Å². The molecule has 0 bridgehead atoms. The Kier molecular flexibility index (Phi) is 4.42. The number of nitrogens with zero attached hydrogens (tertiary/aromatic N) is 2. The summed E-state index contributed by atoms with van der Waals surface area (Å²) in [5, 5.41) is 10.4. The Morgan fingerprint density at radius 1 is 1.29 bits per heavy atom. The van der Waals surface area contributed by atoms with Crippen LogP contribution in [0.5, 0.6) is 0 Å². The quantitative estimate of drug-likeness (QED) is 0.739. The second kappa shape index (κ2) is 6.30. The maximum atomic E-state index is 4.56. The van der Waals surface area contributed by atoms with Gasteiger partial charge in [0.05, 0.1) is 5.69 Å². The summed E-state index contributed by atoms with van der Waals surface area (Å²) in [6.45, 7) is 5.31. The third-order valence-electron chi connectivity index (χ3n) is 3.76. The van der Waals surface area contributed by atoms with Crippen molar-refractivity contribution in [1.29, 1.82) is 0 Å². The first-order chi connectivity index (χ1) is 10.2. The molecule has 0 aliphatic heterocycles. The molecule has 3 heterocycles. The molecule has 1 N–H and O–H groups in total. The van der Waals surface area contributed by atoms with Crippen molar-refractivity contribution in [1.82, 2.24) is 15.1 Å². The van der Waals surface area contributed by atoms with Gasteiger partial charge < -0.3 is 5.32 Å². The van der Waals surface area contributed by atoms with Crippen LogP contribution in [0.2, 0.25) is 0 Å². The third-order valence-corrected chi connectivity index (χ3v) is 5.96. The van der Waals surface area contributed by atoms with Crippen LogP contribution < -0.4 is 5.32 Å². The Bertz CT molecular complexity index is 694. The number of rotatable bonds is 6. The van der Waals surface area contributed by atoms with Gasteiger partial charge in [0.1, 0.15) is 0 Å². The fourth-order valence-corrected chi connectivity index (χ4v) is 4.82. The number of hydrogen-bond acceptors (Lipinski definition) is 4. The molecule has 0 spiro atoms. The van der Waals surface area contributed by atoms with Crippen molar-refractivity contribution in [2.45, 2.75) is 32.7 Å². The van der Waals surface area contributed by atoms with Crippen molar-refractivity contribution in [3.8, 4) is 0 Å². The highest BCUT2D eigenvalue weighted by Crippen LogP contribution is 2.34. The lowest BCUT2D eigenvalue weighted by atomic mass is 10.1. The first-order valence-corrected chi connectivity index (χ1v) is 9.13. The van der Waals surface area contributed by atoms with E-state index in [2.05, 4.69) is 47.8 Å². The van der Waals surface area contributed by atoms with E-state index in [4.69, 9.17) is 0 Å². The van der Waals surface area contributed by atoms with Crippen LogP contribution in [0.3, 0.4) is 0 Å². The van der Waals surface area contributed by atoms with Crippen LogP contribution in [0.25, 0.3) is 9.40 Å². The summed E-state index contributed by atoms with van der Waals surface area (Å²) >= 11 is 3.73. The van der Waals surface area contributed by atoms with Gasteiger partial charge in [-0.25, -0.2) is 0 Å². The van der Waals surface area contributed by atoms with E-state index in [-0.39, 0.29) is 0 Å². The summed E-state index contributed by atoms with van der Waals surface area (Å²) in [7, 11) is 2.05. The van der Waals surface area contributed by atoms with Crippen molar-refractivity contribution in [2.75, 3.05) is 6.54 Å². The summed E-state index contributed by atoms with van der Waals surface area (Å²) in [4.78, 5) is 1.43. The lowest BCUT2D eigenvalue weighted by Crippen LogP contribution is -2.23. The van der Waals surface area contributed by atoms with Gasteiger partial charge in [0.25, 0.3) is 0 Å². The van der Waals surface area contributed by atoms with Crippen molar-refractivity contribution in [3.63, 3.8) is 0 Å². The highest BCUT2D eigenvalue weighted by Gasteiger charge is 2.17. The molecule has 1 atom stereocenters. The third kappa shape index (κ3) is 3.05. The van der Waals surface area contributed by atoms with Crippen LogP contribution in [0.15, 0.2) is 23.6 Å². The number of hydrogen-bond donors (Lipinski definition) is 1. The van der Waals surface area contributed by atoms with Gasteiger partial charge in [-0.3, -0.25) is 4.68 Å². The van der Waals surface area contributed by atoms with Gasteiger partial charge in [-0.05, 0) is 36.5 Å². The summed E-state index contributed by atoms with van der Waals surface area (Å²) < 4.78 is 4.83. The fourth-order valence-electron chi connectivity index (χ4n) is 2.62. The lowest BCUT2D eigenvalue weighted by Gasteiger charge is -2.16. The molecule has 0 amide bonds. The average Bonchev–Trinajstić information content (AvgIpc) is 3.13. The molecule has 21 heavy (non-hydrogen) atoms. The van der Waals surface area contributed by atoms with E-state index in [1.54, 1.807) is 0 Å². The highest BCUT2D eigenvalue weighted by molar-refractivity contribution is 7.26. The van der Waals surface area contributed by atoms with Gasteiger partial charge in [0, 0.05) is 39.5 Å². The summed E-state index contributed by atoms with van der Waals surface area (Å²) in [6.07, 6.45) is 1.99. The van der Waals surface area contributed by atoms with E-state index in [1.165, 1.54) is 25.7 Å². The van der Waals surface area contributed by atoms with E-state index in [9.17, 15) is 0 Å². The number of aromatic nitrogens is 2.